The normalized spacial score (nSPS) is 14.9. The molecule has 0 saturated carbocycles. The zero-order valence-corrected chi connectivity index (χ0v) is 12.3. The summed E-state index contributed by atoms with van der Waals surface area (Å²) in [6.07, 6.45) is 6.97. The van der Waals surface area contributed by atoms with Crippen LogP contribution in [0.1, 0.15) is 34.1 Å². The minimum Gasteiger partial charge on any atom is -0.294 e. The first-order valence-corrected chi connectivity index (χ1v) is 7.53. The summed E-state index contributed by atoms with van der Waals surface area (Å²) in [6.45, 7) is 1.71. The van der Waals surface area contributed by atoms with Gasteiger partial charge in [0.2, 0.25) is 0 Å². The lowest BCUT2D eigenvalue weighted by molar-refractivity contribution is 0.314. The molecule has 6 heteroatoms. The van der Waals surface area contributed by atoms with Gasteiger partial charge >= 0.3 is 0 Å². The predicted molar refractivity (Wildman–Crippen MR) is 74.9 cm³/mol. The van der Waals surface area contributed by atoms with E-state index >= 15 is 0 Å². The average molecular weight is 277 g/mol. The lowest BCUT2D eigenvalue weighted by atomic mass is 10.0. The Hall–Kier alpha value is -1.27. The van der Waals surface area contributed by atoms with Crippen LogP contribution < -0.4 is 0 Å². The second kappa shape index (κ2) is 5.38. The first-order chi connectivity index (χ1) is 9.20. The number of rotatable bonds is 4. The molecule has 0 bridgehead atoms. The van der Waals surface area contributed by atoms with E-state index in [0.717, 1.165) is 18.8 Å². The summed E-state index contributed by atoms with van der Waals surface area (Å²) >= 11 is 1.89. The molecule has 1 aliphatic carbocycles. The monoisotopic (exact) mass is 277 g/mol. The van der Waals surface area contributed by atoms with E-state index in [1.165, 1.54) is 41.3 Å². The van der Waals surface area contributed by atoms with Crippen molar-refractivity contribution in [2.24, 2.45) is 7.05 Å². The molecule has 0 radical (unpaired) electrons. The standard InChI is InChI=1S/C13H19N5S/c1-17(7-10-8-18(2)16-15-10)9-13-14-11-5-3-4-6-12(11)19-13/h8H,3-7,9H2,1-2H3. The fourth-order valence-corrected chi connectivity index (χ4v) is 3.74. The van der Waals surface area contributed by atoms with Gasteiger partial charge in [-0.1, -0.05) is 5.21 Å². The molecule has 0 fully saturated rings. The summed E-state index contributed by atoms with van der Waals surface area (Å²) in [7, 11) is 4.00. The molecule has 0 aromatic carbocycles. The van der Waals surface area contributed by atoms with Gasteiger partial charge in [-0.15, -0.1) is 16.4 Å². The molecule has 0 atom stereocenters. The number of aromatic nitrogens is 4. The zero-order chi connectivity index (χ0) is 13.2. The van der Waals surface area contributed by atoms with Crippen molar-refractivity contribution in [1.29, 1.82) is 0 Å². The van der Waals surface area contributed by atoms with Crippen molar-refractivity contribution < 1.29 is 0 Å². The Labute approximate surface area is 117 Å². The Balaban J connectivity index is 1.62. The lowest BCUT2D eigenvalue weighted by Gasteiger charge is -2.12. The van der Waals surface area contributed by atoms with Crippen LogP contribution in [0.15, 0.2) is 6.20 Å². The van der Waals surface area contributed by atoms with Crippen molar-refractivity contribution in [1.82, 2.24) is 24.9 Å². The molecule has 0 aliphatic heterocycles. The van der Waals surface area contributed by atoms with Crippen LogP contribution in [0, 0.1) is 0 Å². The van der Waals surface area contributed by atoms with Crippen molar-refractivity contribution in [3.8, 4) is 0 Å². The van der Waals surface area contributed by atoms with Gasteiger partial charge in [-0.05, 0) is 32.7 Å². The zero-order valence-electron chi connectivity index (χ0n) is 11.5. The van der Waals surface area contributed by atoms with Gasteiger partial charge in [0.05, 0.1) is 17.9 Å². The largest absolute Gasteiger partial charge is 0.294 e. The van der Waals surface area contributed by atoms with Crippen molar-refractivity contribution in [2.75, 3.05) is 7.05 Å². The van der Waals surface area contributed by atoms with Gasteiger partial charge in [-0.25, -0.2) is 4.98 Å². The molecule has 19 heavy (non-hydrogen) atoms. The molecule has 0 amide bonds. The highest BCUT2D eigenvalue weighted by atomic mass is 32.1. The molecule has 3 rings (SSSR count). The molecule has 5 nitrogen and oxygen atoms in total. The summed E-state index contributed by atoms with van der Waals surface area (Å²) in [4.78, 5) is 8.53. The number of aryl methyl sites for hydroxylation is 3. The van der Waals surface area contributed by atoms with Crippen LogP contribution >= 0.6 is 11.3 Å². The van der Waals surface area contributed by atoms with Gasteiger partial charge in [0.1, 0.15) is 5.01 Å². The lowest BCUT2D eigenvalue weighted by Crippen LogP contribution is -2.17. The highest BCUT2D eigenvalue weighted by Crippen LogP contribution is 2.27. The van der Waals surface area contributed by atoms with Crippen LogP contribution in [0.2, 0.25) is 0 Å². The van der Waals surface area contributed by atoms with Crippen LogP contribution in [-0.2, 0) is 33.0 Å². The van der Waals surface area contributed by atoms with E-state index < -0.39 is 0 Å². The number of hydrogen-bond acceptors (Lipinski definition) is 5. The van der Waals surface area contributed by atoms with Gasteiger partial charge in [-0.3, -0.25) is 9.58 Å². The number of nitrogens with zero attached hydrogens (tertiary/aromatic N) is 5. The highest BCUT2D eigenvalue weighted by Gasteiger charge is 2.16. The summed E-state index contributed by atoms with van der Waals surface area (Å²) in [6, 6.07) is 0. The third-order valence-corrected chi connectivity index (χ3v) is 4.52. The van der Waals surface area contributed by atoms with Crippen LogP contribution in [-0.4, -0.2) is 31.9 Å². The van der Waals surface area contributed by atoms with Gasteiger partial charge in [0, 0.05) is 24.7 Å². The van der Waals surface area contributed by atoms with E-state index in [1.807, 2.05) is 24.6 Å². The molecule has 2 aromatic heterocycles. The van der Waals surface area contributed by atoms with Crippen molar-refractivity contribution in [3.63, 3.8) is 0 Å². The van der Waals surface area contributed by atoms with Gasteiger partial charge in [0.15, 0.2) is 0 Å². The molecule has 0 spiro atoms. The Morgan fingerprint density at radius 3 is 2.89 bits per heavy atom. The third-order valence-electron chi connectivity index (χ3n) is 3.38. The van der Waals surface area contributed by atoms with Gasteiger partial charge in [-0.2, -0.15) is 0 Å². The van der Waals surface area contributed by atoms with E-state index in [4.69, 9.17) is 4.98 Å². The fraction of sp³-hybridized carbons (Fsp3) is 0.615. The Kier molecular flexibility index (Phi) is 3.61. The first-order valence-electron chi connectivity index (χ1n) is 6.72. The average Bonchev–Trinajstić information content (AvgIpc) is 2.94. The molecule has 1 aliphatic rings. The van der Waals surface area contributed by atoms with Crippen molar-refractivity contribution >= 4 is 11.3 Å². The highest BCUT2D eigenvalue weighted by molar-refractivity contribution is 7.11. The maximum Gasteiger partial charge on any atom is 0.107 e. The quantitative estimate of drug-likeness (QED) is 0.854. The predicted octanol–water partition coefficient (Wildman–Crippen LogP) is 1.78. The molecule has 0 N–H and O–H groups in total. The van der Waals surface area contributed by atoms with Crippen molar-refractivity contribution in [3.05, 3.63) is 27.5 Å². The van der Waals surface area contributed by atoms with Gasteiger partial charge < -0.3 is 0 Å². The minimum absolute atomic E-state index is 0.818. The third kappa shape index (κ3) is 3.01. The van der Waals surface area contributed by atoms with Crippen molar-refractivity contribution in [2.45, 2.75) is 38.8 Å². The van der Waals surface area contributed by atoms with E-state index in [0.29, 0.717) is 0 Å². The fourth-order valence-electron chi connectivity index (χ4n) is 2.50. The molecule has 0 unspecified atom stereocenters. The number of hydrogen-bond donors (Lipinski definition) is 0. The van der Waals surface area contributed by atoms with Crippen LogP contribution in [0.25, 0.3) is 0 Å². The second-order valence-electron chi connectivity index (χ2n) is 5.24. The van der Waals surface area contributed by atoms with Crippen LogP contribution in [0.5, 0.6) is 0 Å². The topological polar surface area (TPSA) is 46.8 Å². The Morgan fingerprint density at radius 1 is 1.32 bits per heavy atom. The maximum atomic E-state index is 4.77. The van der Waals surface area contributed by atoms with Crippen LogP contribution in [0.4, 0.5) is 0 Å². The van der Waals surface area contributed by atoms with E-state index in [1.54, 1.807) is 4.68 Å². The minimum atomic E-state index is 0.818. The molecule has 2 heterocycles. The molecule has 102 valence electrons. The number of thiazole rings is 1. The van der Waals surface area contributed by atoms with Crippen LogP contribution in [0.3, 0.4) is 0 Å². The molecular weight excluding hydrogens is 258 g/mol. The Bertz CT molecular complexity index is 536. The summed E-state index contributed by atoms with van der Waals surface area (Å²) < 4.78 is 1.74. The first kappa shape index (κ1) is 12.7. The summed E-state index contributed by atoms with van der Waals surface area (Å²) in [5.74, 6) is 0. The SMILES string of the molecule is CN(Cc1cn(C)nn1)Cc1nc2c(s1)CCCC2. The maximum absolute atomic E-state index is 4.77. The Morgan fingerprint density at radius 2 is 2.16 bits per heavy atom. The summed E-state index contributed by atoms with van der Waals surface area (Å²) in [5, 5.41) is 9.31. The molecular formula is C13H19N5S. The van der Waals surface area contributed by atoms with E-state index in [2.05, 4.69) is 22.3 Å². The van der Waals surface area contributed by atoms with E-state index in [9.17, 15) is 0 Å². The number of fused-ring (bicyclic) bond motifs is 1. The molecule has 0 saturated heterocycles. The summed E-state index contributed by atoms with van der Waals surface area (Å²) in [5.41, 5.74) is 2.35. The van der Waals surface area contributed by atoms with Gasteiger partial charge in [0.25, 0.3) is 0 Å². The molecule has 2 aromatic rings. The second-order valence-corrected chi connectivity index (χ2v) is 6.41. The smallest absolute Gasteiger partial charge is 0.107 e. The van der Waals surface area contributed by atoms with E-state index in [-0.39, 0.29) is 0 Å².